The van der Waals surface area contributed by atoms with Crippen molar-refractivity contribution in [2.24, 2.45) is 17.8 Å². The summed E-state index contributed by atoms with van der Waals surface area (Å²) < 4.78 is 0. The lowest BCUT2D eigenvalue weighted by Crippen LogP contribution is -2.53. The average molecular weight is 431 g/mol. The van der Waals surface area contributed by atoms with Crippen LogP contribution in [0, 0.1) is 29.1 Å². The topological polar surface area (TPSA) is 148 Å². The predicted molar refractivity (Wildman–Crippen MR) is 113 cm³/mol. The molecule has 1 rings (SSSR count). The number of carboxylic acids is 2. The van der Waals surface area contributed by atoms with E-state index in [4.69, 9.17) is 5.26 Å². The van der Waals surface area contributed by atoms with Crippen LogP contribution in [0.15, 0.2) is 24.3 Å². The van der Waals surface area contributed by atoms with Gasteiger partial charge in [0.15, 0.2) is 0 Å². The molecule has 1 unspecified atom stereocenters. The third kappa shape index (κ3) is 8.09. The van der Waals surface area contributed by atoms with E-state index in [0.29, 0.717) is 10.5 Å². The molecule has 168 valence electrons. The fourth-order valence-electron chi connectivity index (χ4n) is 3.22. The van der Waals surface area contributed by atoms with E-state index in [0.717, 1.165) is 0 Å². The summed E-state index contributed by atoms with van der Waals surface area (Å²) in [6, 6.07) is 5.39. The second-order valence-corrected chi connectivity index (χ2v) is 8.24. The zero-order valence-electron chi connectivity index (χ0n) is 18.2. The number of aliphatic carboxylic acids is 2. The zero-order chi connectivity index (χ0) is 23.7. The number of carboxylic acid groups (broad SMARTS) is 2. The van der Waals surface area contributed by atoms with Crippen LogP contribution >= 0.6 is 0 Å². The van der Waals surface area contributed by atoms with E-state index in [-0.39, 0.29) is 30.4 Å². The molecule has 0 aliphatic carbocycles. The zero-order valence-corrected chi connectivity index (χ0v) is 18.2. The Balaban J connectivity index is 3.34. The van der Waals surface area contributed by atoms with E-state index in [1.807, 2.05) is 19.9 Å². The molecule has 0 aliphatic heterocycles. The molecule has 0 spiro atoms. The minimum Gasteiger partial charge on any atom is -0.481 e. The van der Waals surface area contributed by atoms with Crippen molar-refractivity contribution in [2.75, 3.05) is 5.32 Å². The van der Waals surface area contributed by atoms with Crippen LogP contribution in [0.1, 0.15) is 52.5 Å². The third-order valence-electron chi connectivity index (χ3n) is 4.54. The van der Waals surface area contributed by atoms with E-state index in [9.17, 15) is 29.4 Å². The Hall–Kier alpha value is -3.41. The summed E-state index contributed by atoms with van der Waals surface area (Å²) in [6.07, 6.45) is -0.297. The molecule has 0 heterocycles. The predicted octanol–water partition coefficient (Wildman–Crippen LogP) is 3.56. The standard InChI is InChI=1S/C22H29N3O6/c1-13(2)9-16(11-19(26)27)20(28)25(18(21(29)30)10-14(3)4)22(31)24-17-7-5-15(12-23)6-8-17/h5-8,13-14,16,18H,9-11H2,1-4H3,(H,24,31)(H,26,27)(H,29,30)/t16?,18-/m0/s1. The molecule has 0 fully saturated rings. The molecule has 3 N–H and O–H groups in total. The number of urea groups is 1. The molecular weight excluding hydrogens is 402 g/mol. The van der Waals surface area contributed by atoms with Crippen molar-refractivity contribution >= 4 is 29.6 Å². The Morgan fingerprint density at radius 1 is 1.00 bits per heavy atom. The number of carbonyl (C=O) groups excluding carboxylic acids is 2. The van der Waals surface area contributed by atoms with Gasteiger partial charge in [-0.15, -0.1) is 0 Å². The molecule has 3 amide bonds. The van der Waals surface area contributed by atoms with Gasteiger partial charge >= 0.3 is 18.0 Å². The monoisotopic (exact) mass is 431 g/mol. The van der Waals surface area contributed by atoms with Gasteiger partial charge in [0.2, 0.25) is 5.91 Å². The Morgan fingerprint density at radius 3 is 1.97 bits per heavy atom. The first-order chi connectivity index (χ1) is 14.5. The second-order valence-electron chi connectivity index (χ2n) is 8.24. The largest absolute Gasteiger partial charge is 0.481 e. The quantitative estimate of drug-likeness (QED) is 0.513. The first-order valence-corrected chi connectivity index (χ1v) is 10.0. The fourth-order valence-corrected chi connectivity index (χ4v) is 3.22. The van der Waals surface area contributed by atoms with Gasteiger partial charge in [0.05, 0.1) is 18.1 Å². The fraction of sp³-hybridized carbons (Fsp3) is 0.500. The summed E-state index contributed by atoms with van der Waals surface area (Å²) in [6.45, 7) is 7.15. The SMILES string of the molecule is CC(C)CC(CC(=O)O)C(=O)N(C(=O)Nc1ccc(C#N)cc1)[C@@H](CC(C)C)C(=O)O. The van der Waals surface area contributed by atoms with Gasteiger partial charge < -0.3 is 15.5 Å². The van der Waals surface area contributed by atoms with Gasteiger partial charge in [0.25, 0.3) is 0 Å². The highest BCUT2D eigenvalue weighted by atomic mass is 16.4. The van der Waals surface area contributed by atoms with Gasteiger partial charge in [0, 0.05) is 11.6 Å². The van der Waals surface area contributed by atoms with E-state index in [1.165, 1.54) is 24.3 Å². The lowest BCUT2D eigenvalue weighted by molar-refractivity contribution is -0.151. The molecule has 31 heavy (non-hydrogen) atoms. The molecule has 0 bridgehead atoms. The van der Waals surface area contributed by atoms with Crippen LogP contribution in [0.4, 0.5) is 10.5 Å². The number of rotatable bonds is 10. The van der Waals surface area contributed by atoms with E-state index in [2.05, 4.69) is 5.32 Å². The number of anilines is 1. The summed E-state index contributed by atoms with van der Waals surface area (Å²) in [5.74, 6) is -4.61. The molecule has 0 aromatic heterocycles. The van der Waals surface area contributed by atoms with Crippen molar-refractivity contribution in [2.45, 2.75) is 53.0 Å². The molecule has 9 heteroatoms. The number of hydrogen-bond acceptors (Lipinski definition) is 5. The number of nitrogens with zero attached hydrogens (tertiary/aromatic N) is 2. The van der Waals surface area contributed by atoms with Gasteiger partial charge in [-0.2, -0.15) is 5.26 Å². The van der Waals surface area contributed by atoms with E-state index in [1.54, 1.807) is 13.8 Å². The highest BCUT2D eigenvalue weighted by Crippen LogP contribution is 2.23. The molecule has 0 saturated carbocycles. The first-order valence-electron chi connectivity index (χ1n) is 10.0. The summed E-state index contributed by atoms with van der Waals surface area (Å²) in [7, 11) is 0. The molecule has 0 aliphatic rings. The van der Waals surface area contributed by atoms with Crippen molar-refractivity contribution in [3.8, 4) is 6.07 Å². The normalized spacial score (nSPS) is 12.7. The van der Waals surface area contributed by atoms with Crippen LogP contribution in [-0.4, -0.2) is 45.0 Å². The highest BCUT2D eigenvalue weighted by Gasteiger charge is 2.39. The molecule has 0 radical (unpaired) electrons. The van der Waals surface area contributed by atoms with Gasteiger partial charge in [-0.3, -0.25) is 9.59 Å². The van der Waals surface area contributed by atoms with Crippen LogP contribution in [0.25, 0.3) is 0 Å². The van der Waals surface area contributed by atoms with Crippen molar-refractivity contribution in [3.05, 3.63) is 29.8 Å². The summed E-state index contributed by atoms with van der Waals surface area (Å²) in [5.41, 5.74) is 0.640. The molecule has 0 saturated heterocycles. The average Bonchev–Trinajstić information content (AvgIpc) is 2.66. The Labute approximate surface area is 181 Å². The van der Waals surface area contributed by atoms with Crippen LogP contribution in [0.5, 0.6) is 0 Å². The third-order valence-corrected chi connectivity index (χ3v) is 4.54. The smallest absolute Gasteiger partial charge is 0.329 e. The molecule has 1 aromatic rings. The maximum absolute atomic E-state index is 13.3. The molecule has 1 aromatic carbocycles. The summed E-state index contributed by atoms with van der Waals surface area (Å²) in [5, 5.41) is 30.4. The Bertz CT molecular complexity index is 842. The number of nitrogens with one attached hydrogen (secondary N) is 1. The van der Waals surface area contributed by atoms with Crippen molar-refractivity contribution in [1.82, 2.24) is 4.90 Å². The number of nitriles is 1. The van der Waals surface area contributed by atoms with E-state index < -0.39 is 42.3 Å². The number of benzene rings is 1. The molecule has 9 nitrogen and oxygen atoms in total. The van der Waals surface area contributed by atoms with Gasteiger partial charge in [-0.1, -0.05) is 27.7 Å². The number of imide groups is 1. The number of amides is 3. The van der Waals surface area contributed by atoms with Crippen molar-refractivity contribution < 1.29 is 29.4 Å². The van der Waals surface area contributed by atoms with Crippen LogP contribution in [0.3, 0.4) is 0 Å². The summed E-state index contributed by atoms with van der Waals surface area (Å²) in [4.78, 5) is 50.2. The minimum absolute atomic E-state index is 0.0172. The number of carbonyl (C=O) groups is 4. The van der Waals surface area contributed by atoms with Gasteiger partial charge in [-0.05, 0) is 48.9 Å². The van der Waals surface area contributed by atoms with Crippen LogP contribution < -0.4 is 5.32 Å². The lowest BCUT2D eigenvalue weighted by Gasteiger charge is -2.31. The highest BCUT2D eigenvalue weighted by molar-refractivity contribution is 6.05. The maximum atomic E-state index is 13.3. The van der Waals surface area contributed by atoms with Crippen LogP contribution in [0.2, 0.25) is 0 Å². The van der Waals surface area contributed by atoms with Gasteiger partial charge in [0.1, 0.15) is 6.04 Å². The van der Waals surface area contributed by atoms with Crippen molar-refractivity contribution in [3.63, 3.8) is 0 Å². The molecular formula is C22H29N3O6. The van der Waals surface area contributed by atoms with E-state index >= 15 is 0 Å². The Kier molecular flexibility index (Phi) is 9.67. The van der Waals surface area contributed by atoms with Crippen molar-refractivity contribution in [1.29, 1.82) is 5.26 Å². The second kappa shape index (κ2) is 11.7. The summed E-state index contributed by atoms with van der Waals surface area (Å²) >= 11 is 0. The lowest BCUT2D eigenvalue weighted by atomic mass is 9.91. The maximum Gasteiger partial charge on any atom is 0.329 e. The Morgan fingerprint density at radius 2 is 1.55 bits per heavy atom. The minimum atomic E-state index is -1.45. The number of hydrogen-bond donors (Lipinski definition) is 3. The first kappa shape index (κ1) is 25.6. The molecule has 2 atom stereocenters. The van der Waals surface area contributed by atoms with Gasteiger partial charge in [-0.25, -0.2) is 14.5 Å². The van der Waals surface area contributed by atoms with Crippen LogP contribution in [-0.2, 0) is 14.4 Å².